The van der Waals surface area contributed by atoms with E-state index in [1.165, 1.54) is 0 Å². The summed E-state index contributed by atoms with van der Waals surface area (Å²) in [5, 5.41) is 9.06. The van der Waals surface area contributed by atoms with Gasteiger partial charge in [-0.1, -0.05) is 20.8 Å². The second kappa shape index (κ2) is 2.96. The summed E-state index contributed by atoms with van der Waals surface area (Å²) in [7, 11) is 0. The Balaban J connectivity index is 2.84. The van der Waals surface area contributed by atoms with Crippen molar-refractivity contribution in [2.75, 3.05) is 13.2 Å². The molecule has 76 valence electrons. The van der Waals surface area contributed by atoms with Gasteiger partial charge in [0.05, 0.1) is 13.2 Å². The molecule has 0 spiro atoms. The zero-order valence-corrected chi connectivity index (χ0v) is 8.33. The third-order valence-corrected chi connectivity index (χ3v) is 2.67. The van der Waals surface area contributed by atoms with Crippen LogP contribution in [-0.4, -0.2) is 30.3 Å². The second-order valence-corrected chi connectivity index (χ2v) is 4.80. The molecule has 1 aliphatic rings. The van der Waals surface area contributed by atoms with E-state index in [0.717, 1.165) is 0 Å². The van der Waals surface area contributed by atoms with Gasteiger partial charge in [0.25, 0.3) is 0 Å². The molecule has 1 aliphatic heterocycles. The monoisotopic (exact) mass is 187 g/mol. The van der Waals surface area contributed by atoms with Crippen molar-refractivity contribution in [2.45, 2.75) is 26.8 Å². The summed E-state index contributed by atoms with van der Waals surface area (Å²) in [6.45, 7) is 6.31. The molecule has 0 aromatic carbocycles. The smallest absolute Gasteiger partial charge is 0.315 e. The van der Waals surface area contributed by atoms with Gasteiger partial charge in [0.1, 0.15) is 5.41 Å². The molecule has 1 atom stereocenters. The number of hydrogen-bond acceptors (Lipinski definition) is 3. The quantitative estimate of drug-likeness (QED) is 0.658. The minimum absolute atomic E-state index is 0.206. The van der Waals surface area contributed by atoms with Crippen LogP contribution in [0.2, 0.25) is 0 Å². The third-order valence-electron chi connectivity index (χ3n) is 2.67. The Morgan fingerprint density at radius 1 is 1.54 bits per heavy atom. The van der Waals surface area contributed by atoms with Crippen molar-refractivity contribution in [2.24, 2.45) is 16.6 Å². The van der Waals surface area contributed by atoms with E-state index in [9.17, 15) is 4.79 Å². The van der Waals surface area contributed by atoms with Crippen LogP contribution >= 0.6 is 0 Å². The Bertz CT molecular complexity index is 215. The predicted molar refractivity (Wildman–Crippen MR) is 48.3 cm³/mol. The molecule has 0 bridgehead atoms. The molecule has 1 rings (SSSR count). The number of nitrogens with two attached hydrogens (primary N) is 1. The molecule has 3 N–H and O–H groups in total. The number of ether oxygens (including phenoxy) is 1. The fourth-order valence-corrected chi connectivity index (χ4v) is 1.59. The van der Waals surface area contributed by atoms with Crippen molar-refractivity contribution >= 4 is 5.97 Å². The van der Waals surface area contributed by atoms with E-state index in [-0.39, 0.29) is 24.7 Å². The van der Waals surface area contributed by atoms with Crippen molar-refractivity contribution in [1.29, 1.82) is 0 Å². The first-order valence-electron chi connectivity index (χ1n) is 4.37. The van der Waals surface area contributed by atoms with Crippen molar-refractivity contribution in [3.8, 4) is 0 Å². The number of carboxylic acid groups (broad SMARTS) is 1. The first kappa shape index (κ1) is 10.5. The van der Waals surface area contributed by atoms with Crippen LogP contribution in [0.3, 0.4) is 0 Å². The van der Waals surface area contributed by atoms with Gasteiger partial charge in [0.15, 0.2) is 0 Å². The number of carboxylic acids is 1. The van der Waals surface area contributed by atoms with Gasteiger partial charge in [-0.25, -0.2) is 0 Å². The molecule has 0 radical (unpaired) electrons. The molecule has 0 aromatic heterocycles. The highest BCUT2D eigenvalue weighted by molar-refractivity contribution is 5.77. The molecule has 0 saturated carbocycles. The van der Waals surface area contributed by atoms with E-state index in [0.29, 0.717) is 0 Å². The van der Waals surface area contributed by atoms with Gasteiger partial charge in [-0.3, -0.25) is 4.79 Å². The summed E-state index contributed by atoms with van der Waals surface area (Å²) in [6.07, 6.45) is 0. The van der Waals surface area contributed by atoms with Gasteiger partial charge in [-0.05, 0) is 5.41 Å². The molecule has 4 nitrogen and oxygen atoms in total. The lowest BCUT2D eigenvalue weighted by Gasteiger charge is -2.46. The summed E-state index contributed by atoms with van der Waals surface area (Å²) in [6, 6.07) is -0.369. The lowest BCUT2D eigenvalue weighted by atomic mass is 9.68. The molecule has 1 heterocycles. The Kier molecular flexibility index (Phi) is 2.38. The molecule has 0 aromatic rings. The highest BCUT2D eigenvalue weighted by Gasteiger charge is 2.54. The fraction of sp³-hybridized carbons (Fsp3) is 0.889. The molecular weight excluding hydrogens is 170 g/mol. The van der Waals surface area contributed by atoms with Crippen molar-refractivity contribution in [1.82, 2.24) is 0 Å². The normalized spacial score (nSPS) is 23.4. The maximum Gasteiger partial charge on any atom is 0.315 e. The van der Waals surface area contributed by atoms with E-state index in [4.69, 9.17) is 15.6 Å². The van der Waals surface area contributed by atoms with Crippen LogP contribution in [0, 0.1) is 10.8 Å². The number of rotatable bonds is 2. The largest absolute Gasteiger partial charge is 0.481 e. The third kappa shape index (κ3) is 1.56. The zero-order valence-electron chi connectivity index (χ0n) is 8.33. The number of aliphatic carboxylic acids is 1. The van der Waals surface area contributed by atoms with E-state index in [2.05, 4.69) is 0 Å². The summed E-state index contributed by atoms with van der Waals surface area (Å²) >= 11 is 0. The molecule has 0 aliphatic carbocycles. The fourth-order valence-electron chi connectivity index (χ4n) is 1.59. The van der Waals surface area contributed by atoms with E-state index < -0.39 is 11.4 Å². The van der Waals surface area contributed by atoms with Crippen LogP contribution in [0.5, 0.6) is 0 Å². The van der Waals surface area contributed by atoms with Crippen LogP contribution < -0.4 is 5.73 Å². The van der Waals surface area contributed by atoms with Gasteiger partial charge in [0, 0.05) is 6.04 Å². The van der Waals surface area contributed by atoms with Crippen LogP contribution in [0.25, 0.3) is 0 Å². The van der Waals surface area contributed by atoms with E-state index >= 15 is 0 Å². The molecule has 1 unspecified atom stereocenters. The molecule has 0 amide bonds. The Morgan fingerprint density at radius 2 is 2.00 bits per heavy atom. The van der Waals surface area contributed by atoms with E-state index in [1.54, 1.807) is 0 Å². The Hall–Kier alpha value is -0.610. The van der Waals surface area contributed by atoms with Crippen LogP contribution in [0.4, 0.5) is 0 Å². The lowest BCUT2D eigenvalue weighted by molar-refractivity contribution is -0.190. The minimum Gasteiger partial charge on any atom is -0.481 e. The molecular formula is C9H17NO3. The maximum absolute atomic E-state index is 11.0. The lowest BCUT2D eigenvalue weighted by Crippen LogP contribution is -2.64. The van der Waals surface area contributed by atoms with E-state index in [1.807, 2.05) is 20.8 Å². The standard InChI is InChI=1S/C9H17NO3/c1-8(2,3)6(10)9(7(11)12)4-13-5-9/h6H,4-5,10H2,1-3H3,(H,11,12). The Labute approximate surface area is 78.1 Å². The average Bonchev–Trinajstić information content (AvgIpc) is 1.81. The predicted octanol–water partition coefficient (Wildman–Crippen LogP) is 0.461. The minimum atomic E-state index is -0.863. The summed E-state index contributed by atoms with van der Waals surface area (Å²) < 4.78 is 4.96. The van der Waals surface area contributed by atoms with Gasteiger partial charge in [0.2, 0.25) is 0 Å². The van der Waals surface area contributed by atoms with Gasteiger partial charge in [-0.15, -0.1) is 0 Å². The second-order valence-electron chi connectivity index (χ2n) is 4.80. The van der Waals surface area contributed by atoms with Gasteiger partial charge < -0.3 is 15.6 Å². The topological polar surface area (TPSA) is 72.6 Å². The van der Waals surface area contributed by atoms with Crippen molar-refractivity contribution in [3.63, 3.8) is 0 Å². The van der Waals surface area contributed by atoms with Crippen molar-refractivity contribution in [3.05, 3.63) is 0 Å². The number of hydrogen-bond donors (Lipinski definition) is 2. The van der Waals surface area contributed by atoms with Crippen LogP contribution in [0.15, 0.2) is 0 Å². The Morgan fingerprint density at radius 3 is 2.08 bits per heavy atom. The molecule has 1 saturated heterocycles. The summed E-state index contributed by atoms with van der Waals surface area (Å²) in [5.74, 6) is -0.846. The zero-order chi connectivity index (χ0) is 10.3. The molecule has 13 heavy (non-hydrogen) atoms. The molecule has 1 fully saturated rings. The highest BCUT2D eigenvalue weighted by Crippen LogP contribution is 2.38. The number of carbonyl (C=O) groups is 1. The van der Waals surface area contributed by atoms with Crippen LogP contribution in [-0.2, 0) is 9.53 Å². The van der Waals surface area contributed by atoms with Gasteiger partial charge >= 0.3 is 5.97 Å². The summed E-state index contributed by atoms with van der Waals surface area (Å²) in [4.78, 5) is 11.0. The van der Waals surface area contributed by atoms with Crippen LogP contribution in [0.1, 0.15) is 20.8 Å². The maximum atomic E-state index is 11.0. The first-order valence-corrected chi connectivity index (χ1v) is 4.37. The summed E-state index contributed by atoms with van der Waals surface area (Å²) in [5.41, 5.74) is 4.86. The van der Waals surface area contributed by atoms with Crippen molar-refractivity contribution < 1.29 is 14.6 Å². The first-order chi connectivity index (χ1) is 5.81. The SMILES string of the molecule is CC(C)(C)C(N)C1(C(=O)O)COC1. The average molecular weight is 187 g/mol. The molecule has 4 heteroatoms. The highest BCUT2D eigenvalue weighted by atomic mass is 16.5. The van der Waals surface area contributed by atoms with Gasteiger partial charge in [-0.2, -0.15) is 0 Å².